The zero-order chi connectivity index (χ0) is 9.97. The van der Waals surface area contributed by atoms with Crippen LogP contribution >= 0.6 is 12.2 Å². The second-order valence-corrected chi connectivity index (χ2v) is 3.65. The van der Waals surface area contributed by atoms with Gasteiger partial charge in [-0.3, -0.25) is 0 Å². The van der Waals surface area contributed by atoms with Gasteiger partial charge in [-0.1, -0.05) is 0 Å². The normalized spacial score (nSPS) is 14.3. The number of nitrogens with zero attached hydrogens (tertiary/aromatic N) is 1. The van der Waals surface area contributed by atoms with Crippen LogP contribution in [0.5, 0.6) is 5.75 Å². The van der Waals surface area contributed by atoms with Gasteiger partial charge in [0.25, 0.3) is 0 Å². The van der Waals surface area contributed by atoms with Crippen molar-refractivity contribution in [3.8, 4) is 5.75 Å². The fraction of sp³-hybridized carbons (Fsp3) is 0.364. The zero-order valence-electron chi connectivity index (χ0n) is 7.79. The van der Waals surface area contributed by atoms with E-state index in [1.807, 2.05) is 0 Å². The zero-order valence-corrected chi connectivity index (χ0v) is 8.60. The first-order valence-electron chi connectivity index (χ1n) is 4.74. The molecule has 1 aliphatic rings. The maximum Gasteiger partial charge on any atom is 0.119 e. The molecule has 1 N–H and O–H groups in total. The second kappa shape index (κ2) is 3.91. The first-order valence-corrected chi connectivity index (χ1v) is 5.15. The number of aromatic hydroxyl groups is 1. The molecule has 1 aromatic carbocycles. The molecule has 14 heavy (non-hydrogen) atoms. The average molecular weight is 205 g/mol. The summed E-state index contributed by atoms with van der Waals surface area (Å²) in [7, 11) is 0. The van der Waals surface area contributed by atoms with Gasteiger partial charge in [0.2, 0.25) is 0 Å². The van der Waals surface area contributed by atoms with Crippen molar-refractivity contribution in [3.05, 3.63) is 23.3 Å². The molecule has 2 nitrogen and oxygen atoms in total. The third-order valence-corrected chi connectivity index (χ3v) is 2.74. The fourth-order valence-corrected chi connectivity index (χ4v) is 2.08. The highest BCUT2D eigenvalue weighted by Gasteiger charge is 2.16. The summed E-state index contributed by atoms with van der Waals surface area (Å²) < 4.78 is 0. The number of thiocarbonyl (C=S) groups is 1. The number of isothiocyanates is 1. The Bertz CT molecular complexity index is 408. The molecule has 0 amide bonds. The van der Waals surface area contributed by atoms with E-state index < -0.39 is 0 Å². The minimum absolute atomic E-state index is 0.392. The predicted octanol–water partition coefficient (Wildman–Crippen LogP) is 3.01. The van der Waals surface area contributed by atoms with Gasteiger partial charge in [0.15, 0.2) is 0 Å². The summed E-state index contributed by atoms with van der Waals surface area (Å²) in [6, 6.07) is 3.49. The number of rotatable bonds is 1. The average Bonchev–Trinajstić information content (AvgIpc) is 2.23. The number of phenolic OH excluding ortho intramolecular Hbond substituents is 1. The molecule has 0 saturated carbocycles. The third kappa shape index (κ3) is 1.57. The molecule has 0 aliphatic heterocycles. The summed E-state index contributed by atoms with van der Waals surface area (Å²) in [5.41, 5.74) is 3.06. The van der Waals surface area contributed by atoms with Crippen molar-refractivity contribution in [1.82, 2.24) is 0 Å². The van der Waals surface area contributed by atoms with E-state index in [1.54, 1.807) is 12.1 Å². The molecule has 3 heteroatoms. The number of fused-ring (bicyclic) bond motifs is 1. The summed E-state index contributed by atoms with van der Waals surface area (Å²) in [6.07, 6.45) is 4.24. The van der Waals surface area contributed by atoms with Crippen LogP contribution < -0.4 is 0 Å². The Kier molecular flexibility index (Phi) is 2.62. The first-order chi connectivity index (χ1) is 6.83. The lowest BCUT2D eigenvalue weighted by Gasteiger charge is -2.18. The van der Waals surface area contributed by atoms with E-state index in [-0.39, 0.29) is 0 Å². The second-order valence-electron chi connectivity index (χ2n) is 3.47. The van der Waals surface area contributed by atoms with Gasteiger partial charge in [-0.25, -0.2) is 0 Å². The molecule has 0 atom stereocenters. The van der Waals surface area contributed by atoms with Crippen LogP contribution in [-0.4, -0.2) is 10.3 Å². The monoisotopic (exact) mass is 205 g/mol. The minimum atomic E-state index is 0.392. The Morgan fingerprint density at radius 2 is 1.93 bits per heavy atom. The van der Waals surface area contributed by atoms with Gasteiger partial charge in [0, 0.05) is 0 Å². The smallest absolute Gasteiger partial charge is 0.119 e. The molecular formula is C11H11NOS. The van der Waals surface area contributed by atoms with Crippen molar-refractivity contribution in [2.45, 2.75) is 25.7 Å². The fourth-order valence-electron chi connectivity index (χ4n) is 1.98. The van der Waals surface area contributed by atoms with Gasteiger partial charge in [-0.05, 0) is 61.2 Å². The van der Waals surface area contributed by atoms with Gasteiger partial charge in [0.1, 0.15) is 5.75 Å². The predicted molar refractivity (Wildman–Crippen MR) is 59.4 cm³/mol. The Morgan fingerprint density at radius 3 is 2.64 bits per heavy atom. The highest BCUT2D eigenvalue weighted by molar-refractivity contribution is 7.78. The number of hydrogen-bond donors (Lipinski definition) is 1. The number of hydrogen-bond acceptors (Lipinski definition) is 3. The van der Waals surface area contributed by atoms with Crippen LogP contribution in [0.15, 0.2) is 17.1 Å². The van der Waals surface area contributed by atoms with E-state index in [1.165, 1.54) is 0 Å². The molecule has 0 fully saturated rings. The van der Waals surface area contributed by atoms with Crippen LogP contribution in [0.25, 0.3) is 0 Å². The molecule has 0 saturated heterocycles. The topological polar surface area (TPSA) is 32.6 Å². The van der Waals surface area contributed by atoms with E-state index in [0.29, 0.717) is 5.75 Å². The van der Waals surface area contributed by atoms with Gasteiger partial charge in [0.05, 0.1) is 10.8 Å². The number of aliphatic imine (C=N–C) groups is 1. The summed E-state index contributed by atoms with van der Waals surface area (Å²) in [4.78, 5) is 4.01. The van der Waals surface area contributed by atoms with E-state index in [4.69, 9.17) is 0 Å². The van der Waals surface area contributed by atoms with Crippen LogP contribution in [0.2, 0.25) is 0 Å². The van der Waals surface area contributed by atoms with Gasteiger partial charge < -0.3 is 5.11 Å². The van der Waals surface area contributed by atoms with E-state index >= 15 is 0 Å². The lowest BCUT2D eigenvalue weighted by atomic mass is 9.90. The summed E-state index contributed by atoms with van der Waals surface area (Å²) in [5.74, 6) is 0.392. The van der Waals surface area contributed by atoms with E-state index in [0.717, 1.165) is 42.5 Å². The maximum absolute atomic E-state index is 9.66. The molecule has 72 valence electrons. The van der Waals surface area contributed by atoms with Gasteiger partial charge in [-0.2, -0.15) is 4.99 Å². The quantitative estimate of drug-likeness (QED) is 0.564. The molecule has 0 aromatic heterocycles. The summed E-state index contributed by atoms with van der Waals surface area (Å²) in [5, 5.41) is 12.0. The van der Waals surface area contributed by atoms with Crippen molar-refractivity contribution in [3.63, 3.8) is 0 Å². The standard InChI is InChI=1S/C11H11NOS/c13-11-6-5-10(12-7-14)8-3-1-2-4-9(8)11/h5-6,13H,1-4H2. The Labute approximate surface area is 88.3 Å². The van der Waals surface area contributed by atoms with Crippen molar-refractivity contribution in [2.75, 3.05) is 0 Å². The van der Waals surface area contributed by atoms with E-state index in [9.17, 15) is 5.11 Å². The van der Waals surface area contributed by atoms with Gasteiger partial charge in [-0.15, -0.1) is 0 Å². The van der Waals surface area contributed by atoms with Crippen LogP contribution in [0, 0.1) is 0 Å². The molecule has 0 radical (unpaired) electrons. The Hall–Kier alpha value is -1.18. The Morgan fingerprint density at radius 1 is 1.21 bits per heavy atom. The van der Waals surface area contributed by atoms with Crippen molar-refractivity contribution >= 4 is 23.1 Å². The van der Waals surface area contributed by atoms with Crippen molar-refractivity contribution < 1.29 is 5.11 Å². The molecule has 0 heterocycles. The minimum Gasteiger partial charge on any atom is -0.508 e. The highest BCUT2D eigenvalue weighted by Crippen LogP contribution is 2.35. The maximum atomic E-state index is 9.66. The molecule has 0 unspecified atom stereocenters. The third-order valence-electron chi connectivity index (χ3n) is 2.65. The lowest BCUT2D eigenvalue weighted by Crippen LogP contribution is -2.02. The molecule has 1 aliphatic carbocycles. The molecule has 0 spiro atoms. The van der Waals surface area contributed by atoms with Gasteiger partial charge >= 0.3 is 0 Å². The molecule has 2 rings (SSSR count). The molecule has 1 aromatic rings. The summed E-state index contributed by atoms with van der Waals surface area (Å²) >= 11 is 4.59. The SMILES string of the molecule is Oc1ccc(N=C=S)c2c1CCCC2. The number of benzene rings is 1. The van der Waals surface area contributed by atoms with Crippen LogP contribution in [0.1, 0.15) is 24.0 Å². The molecular weight excluding hydrogens is 194 g/mol. The largest absolute Gasteiger partial charge is 0.508 e. The molecule has 0 bridgehead atoms. The summed E-state index contributed by atoms with van der Waals surface area (Å²) in [6.45, 7) is 0. The highest BCUT2D eigenvalue weighted by atomic mass is 32.1. The van der Waals surface area contributed by atoms with Crippen LogP contribution in [-0.2, 0) is 12.8 Å². The van der Waals surface area contributed by atoms with E-state index in [2.05, 4.69) is 22.4 Å². The van der Waals surface area contributed by atoms with Crippen molar-refractivity contribution in [1.29, 1.82) is 0 Å². The van der Waals surface area contributed by atoms with Crippen LogP contribution in [0.3, 0.4) is 0 Å². The Balaban J connectivity index is 2.58. The first kappa shape index (κ1) is 9.38. The van der Waals surface area contributed by atoms with Crippen LogP contribution in [0.4, 0.5) is 5.69 Å². The number of phenols is 1. The lowest BCUT2D eigenvalue weighted by molar-refractivity contribution is 0.462. The van der Waals surface area contributed by atoms with Crippen molar-refractivity contribution in [2.24, 2.45) is 4.99 Å².